The van der Waals surface area contributed by atoms with Gasteiger partial charge in [-0.05, 0) is 32.6 Å². The van der Waals surface area contributed by atoms with Crippen LogP contribution in [-0.4, -0.2) is 40.5 Å². The van der Waals surface area contributed by atoms with Crippen LogP contribution in [0, 0.1) is 5.92 Å². The van der Waals surface area contributed by atoms with Crippen LogP contribution in [0.4, 0.5) is 0 Å². The number of rotatable bonds is 6. The number of carbonyl (C=O) groups excluding carboxylic acids is 1. The van der Waals surface area contributed by atoms with Gasteiger partial charge in [0.15, 0.2) is 0 Å². The third-order valence-electron chi connectivity index (χ3n) is 3.07. The first-order valence-electron chi connectivity index (χ1n) is 6.42. The third kappa shape index (κ3) is 3.07. The minimum atomic E-state index is -0.471. The first-order chi connectivity index (χ1) is 8.72. The van der Waals surface area contributed by atoms with Gasteiger partial charge >= 0.3 is 5.97 Å². The van der Waals surface area contributed by atoms with Gasteiger partial charge in [-0.25, -0.2) is 9.78 Å². The summed E-state index contributed by atoms with van der Waals surface area (Å²) in [5, 5.41) is 6.65. The van der Waals surface area contributed by atoms with E-state index in [1.54, 1.807) is 6.92 Å². The summed E-state index contributed by atoms with van der Waals surface area (Å²) >= 11 is 0. The summed E-state index contributed by atoms with van der Waals surface area (Å²) in [6.45, 7) is 4.87. The van der Waals surface area contributed by atoms with Gasteiger partial charge in [0.05, 0.1) is 12.7 Å². The predicted molar refractivity (Wildman–Crippen MR) is 64.2 cm³/mol. The molecule has 1 heterocycles. The Morgan fingerprint density at radius 2 is 2.17 bits per heavy atom. The van der Waals surface area contributed by atoms with Crippen molar-refractivity contribution in [3.8, 4) is 0 Å². The number of aromatic nitrogens is 3. The molecule has 6 nitrogen and oxygen atoms in total. The molecular weight excluding hydrogens is 234 g/mol. The molecule has 1 aromatic rings. The molecule has 1 aliphatic rings. The lowest BCUT2D eigenvalue weighted by atomic mass is 9.80. The molecule has 0 unspecified atom stereocenters. The van der Waals surface area contributed by atoms with Crippen LogP contribution in [0.3, 0.4) is 0 Å². The van der Waals surface area contributed by atoms with Gasteiger partial charge in [0.2, 0.25) is 0 Å². The highest BCUT2D eigenvalue weighted by atomic mass is 16.5. The molecule has 1 aromatic heterocycles. The molecule has 0 radical (unpaired) electrons. The average molecular weight is 253 g/mol. The zero-order valence-electron chi connectivity index (χ0n) is 10.8. The highest BCUT2D eigenvalue weighted by molar-refractivity contribution is 5.84. The lowest BCUT2D eigenvalue weighted by Gasteiger charge is -2.34. The number of aromatic amines is 1. The topological polar surface area (TPSA) is 77.1 Å². The number of nitrogens with zero attached hydrogens (tertiary/aromatic N) is 2. The van der Waals surface area contributed by atoms with Crippen molar-refractivity contribution < 1.29 is 14.3 Å². The fourth-order valence-electron chi connectivity index (χ4n) is 2.16. The van der Waals surface area contributed by atoms with E-state index in [0.717, 1.165) is 31.7 Å². The maximum Gasteiger partial charge on any atom is 0.378 e. The number of hydrogen-bond donors (Lipinski definition) is 1. The Hall–Kier alpha value is -1.43. The van der Waals surface area contributed by atoms with Crippen LogP contribution in [-0.2, 0) is 15.9 Å². The Balaban J connectivity index is 1.79. The Bertz CT molecular complexity index is 399. The Labute approximate surface area is 106 Å². The van der Waals surface area contributed by atoms with Crippen molar-refractivity contribution in [2.75, 3.05) is 13.2 Å². The maximum absolute atomic E-state index is 11.4. The lowest BCUT2D eigenvalue weighted by molar-refractivity contribution is -0.0245. The van der Waals surface area contributed by atoms with Crippen molar-refractivity contribution in [2.45, 2.75) is 39.2 Å². The predicted octanol–water partition coefficient (Wildman–Crippen LogP) is 1.34. The smallest absolute Gasteiger partial charge is 0.378 e. The van der Waals surface area contributed by atoms with Crippen LogP contribution in [0.25, 0.3) is 0 Å². The molecule has 0 bridgehead atoms. The molecule has 2 rings (SSSR count). The van der Waals surface area contributed by atoms with Crippen LogP contribution >= 0.6 is 0 Å². The van der Waals surface area contributed by atoms with Gasteiger partial charge in [-0.3, -0.25) is 5.10 Å². The van der Waals surface area contributed by atoms with Gasteiger partial charge in [0.1, 0.15) is 5.82 Å². The molecule has 0 aromatic carbocycles. The molecule has 18 heavy (non-hydrogen) atoms. The number of H-pyrrole nitrogens is 1. The van der Waals surface area contributed by atoms with Gasteiger partial charge in [0.25, 0.3) is 5.82 Å². The second kappa shape index (κ2) is 5.95. The Kier molecular flexibility index (Phi) is 4.30. The normalized spacial score (nSPS) is 22.6. The highest BCUT2D eigenvalue weighted by Gasteiger charge is 2.30. The monoisotopic (exact) mass is 253 g/mol. The van der Waals surface area contributed by atoms with E-state index < -0.39 is 5.97 Å². The van der Waals surface area contributed by atoms with Crippen molar-refractivity contribution in [3.63, 3.8) is 0 Å². The minimum Gasteiger partial charge on any atom is -0.460 e. The van der Waals surface area contributed by atoms with Crippen LogP contribution in [0.1, 0.15) is 43.1 Å². The summed E-state index contributed by atoms with van der Waals surface area (Å²) in [7, 11) is 0. The third-order valence-corrected chi connectivity index (χ3v) is 3.07. The number of hydrogen-bond acceptors (Lipinski definition) is 5. The molecule has 1 N–H and O–H groups in total. The van der Waals surface area contributed by atoms with E-state index in [4.69, 9.17) is 9.47 Å². The largest absolute Gasteiger partial charge is 0.460 e. The van der Waals surface area contributed by atoms with E-state index in [1.165, 1.54) is 0 Å². The van der Waals surface area contributed by atoms with Gasteiger partial charge in [-0.15, -0.1) is 5.10 Å². The molecule has 0 aliphatic heterocycles. The first kappa shape index (κ1) is 13.0. The van der Waals surface area contributed by atoms with Crippen molar-refractivity contribution in [3.05, 3.63) is 11.6 Å². The van der Waals surface area contributed by atoms with E-state index in [1.807, 2.05) is 6.92 Å². The van der Waals surface area contributed by atoms with E-state index in [-0.39, 0.29) is 5.82 Å². The minimum absolute atomic E-state index is 0.118. The second-order valence-corrected chi connectivity index (χ2v) is 4.45. The summed E-state index contributed by atoms with van der Waals surface area (Å²) in [5.41, 5.74) is 0. The summed E-state index contributed by atoms with van der Waals surface area (Å²) in [5.74, 6) is 0.968. The van der Waals surface area contributed by atoms with Crippen LogP contribution < -0.4 is 0 Å². The molecule has 0 saturated heterocycles. The SMILES string of the molecule is CCOC(=O)c1n[nH]c(CC2CC(OCC)C2)n1. The molecule has 0 amide bonds. The number of nitrogens with one attached hydrogen (secondary N) is 1. The Morgan fingerprint density at radius 1 is 1.39 bits per heavy atom. The van der Waals surface area contributed by atoms with Gasteiger partial charge < -0.3 is 9.47 Å². The summed E-state index contributed by atoms with van der Waals surface area (Å²) in [4.78, 5) is 15.5. The zero-order valence-corrected chi connectivity index (χ0v) is 10.8. The molecule has 6 heteroatoms. The number of esters is 1. The first-order valence-corrected chi connectivity index (χ1v) is 6.42. The average Bonchev–Trinajstić information content (AvgIpc) is 2.75. The van der Waals surface area contributed by atoms with Crippen LogP contribution in [0.2, 0.25) is 0 Å². The molecule has 1 fully saturated rings. The van der Waals surface area contributed by atoms with Crippen molar-refractivity contribution in [1.82, 2.24) is 15.2 Å². The van der Waals surface area contributed by atoms with Gasteiger partial charge in [0, 0.05) is 13.0 Å². The van der Waals surface area contributed by atoms with Crippen molar-refractivity contribution in [2.24, 2.45) is 5.92 Å². The van der Waals surface area contributed by atoms with E-state index in [9.17, 15) is 4.79 Å². The van der Waals surface area contributed by atoms with Crippen LogP contribution in [0.5, 0.6) is 0 Å². The quantitative estimate of drug-likeness (QED) is 0.774. The highest BCUT2D eigenvalue weighted by Crippen LogP contribution is 2.32. The van der Waals surface area contributed by atoms with E-state index >= 15 is 0 Å². The second-order valence-electron chi connectivity index (χ2n) is 4.45. The summed E-state index contributed by atoms with van der Waals surface area (Å²) < 4.78 is 10.3. The number of ether oxygens (including phenoxy) is 2. The molecule has 0 atom stereocenters. The van der Waals surface area contributed by atoms with Crippen molar-refractivity contribution >= 4 is 5.97 Å². The maximum atomic E-state index is 11.4. The molecule has 1 saturated carbocycles. The molecule has 1 aliphatic carbocycles. The molecule has 0 spiro atoms. The van der Waals surface area contributed by atoms with Crippen LogP contribution in [0.15, 0.2) is 0 Å². The standard InChI is InChI=1S/C12H19N3O3/c1-3-17-9-5-8(6-9)7-10-13-11(15-14-10)12(16)18-4-2/h8-9H,3-7H2,1-2H3,(H,13,14,15). The molecule has 100 valence electrons. The van der Waals surface area contributed by atoms with Gasteiger partial charge in [-0.2, -0.15) is 0 Å². The molecular formula is C12H19N3O3. The zero-order chi connectivity index (χ0) is 13.0. The van der Waals surface area contributed by atoms with E-state index in [2.05, 4.69) is 15.2 Å². The summed E-state index contributed by atoms with van der Waals surface area (Å²) in [6, 6.07) is 0. The van der Waals surface area contributed by atoms with Gasteiger partial charge in [-0.1, -0.05) is 0 Å². The lowest BCUT2D eigenvalue weighted by Crippen LogP contribution is -2.32. The van der Waals surface area contributed by atoms with E-state index in [0.29, 0.717) is 18.6 Å². The fraction of sp³-hybridized carbons (Fsp3) is 0.750. The van der Waals surface area contributed by atoms with Crippen molar-refractivity contribution in [1.29, 1.82) is 0 Å². The Morgan fingerprint density at radius 3 is 2.83 bits per heavy atom. The summed E-state index contributed by atoms with van der Waals surface area (Å²) in [6.07, 6.45) is 3.33. The number of carbonyl (C=O) groups is 1. The fourth-order valence-corrected chi connectivity index (χ4v) is 2.16.